The lowest BCUT2D eigenvalue weighted by Gasteiger charge is -2.44. The molecule has 3 aliphatic rings. The minimum atomic E-state index is -1.65. The number of halogens is 3. The number of aromatic nitrogens is 3. The Morgan fingerprint density at radius 1 is 1.11 bits per heavy atom. The molecule has 14 nitrogen and oxygen atoms in total. The Balaban J connectivity index is 1.29. The van der Waals surface area contributed by atoms with Crippen LogP contribution in [0.4, 0.5) is 18.0 Å². The van der Waals surface area contributed by atoms with Crippen molar-refractivity contribution in [3.8, 4) is 11.3 Å². The van der Waals surface area contributed by atoms with E-state index in [0.29, 0.717) is 32.4 Å². The maximum atomic E-state index is 13.9. The number of hydrogen-bond acceptors (Lipinski definition) is 11. The normalized spacial score (nSPS) is 27.0. The van der Waals surface area contributed by atoms with Gasteiger partial charge in [0, 0.05) is 37.4 Å². The van der Waals surface area contributed by atoms with Crippen molar-refractivity contribution < 1.29 is 57.1 Å². The first-order valence-electron chi connectivity index (χ1n) is 15.3. The van der Waals surface area contributed by atoms with E-state index in [1.54, 1.807) is 4.90 Å². The van der Waals surface area contributed by atoms with Gasteiger partial charge in [-0.1, -0.05) is 10.4 Å². The van der Waals surface area contributed by atoms with Crippen LogP contribution in [0.5, 0.6) is 0 Å². The fourth-order valence-electron chi connectivity index (χ4n) is 6.09. The smallest absolute Gasteiger partial charge is 0.410 e. The molecule has 0 bridgehead atoms. The molecule has 17 heteroatoms. The standard InChI is InChI=1S/C30H38F3N5O9/c1-30(2,3)46-29(43)37-6-4-15(5-7-37)20-10-17(47-35-20)11-22-28(44-14-24(40)41)26(27(42)23(13-39)45-22)38-12-21(34-36-38)16-8-18(31)25(33)19(32)9-16/h8-9,12,15,17,22-23,26-28,39,42H,4-7,10-11,13-14H2,1-3H3,(H,40,41)/t17?,22-,23-,26+,27+,28+/m1/s1. The number of carboxylic acids is 1. The van der Waals surface area contributed by atoms with Crippen LogP contribution in [0.1, 0.15) is 52.5 Å². The Hall–Kier alpha value is -3.80. The second-order valence-corrected chi connectivity index (χ2v) is 12.9. The van der Waals surface area contributed by atoms with Crippen LogP contribution in [0.15, 0.2) is 23.5 Å². The fraction of sp³-hybridized carbons (Fsp3) is 0.633. The lowest BCUT2D eigenvalue weighted by molar-refractivity contribution is -0.226. The molecular weight excluding hydrogens is 631 g/mol. The number of aliphatic hydroxyl groups excluding tert-OH is 2. The van der Waals surface area contributed by atoms with Gasteiger partial charge in [-0.3, -0.25) is 0 Å². The van der Waals surface area contributed by atoms with Gasteiger partial charge in [-0.2, -0.15) is 0 Å². The molecule has 1 unspecified atom stereocenters. The molecule has 6 atom stereocenters. The second kappa shape index (κ2) is 14.1. The quantitative estimate of drug-likeness (QED) is 0.335. The summed E-state index contributed by atoms with van der Waals surface area (Å²) < 4.78 is 59.7. The monoisotopic (exact) mass is 669 g/mol. The van der Waals surface area contributed by atoms with Crippen LogP contribution in [0, 0.1) is 23.4 Å². The van der Waals surface area contributed by atoms with Crippen LogP contribution in [0.3, 0.4) is 0 Å². The van der Waals surface area contributed by atoms with Crippen LogP contribution in [-0.4, -0.2) is 115 Å². The number of benzene rings is 1. The van der Waals surface area contributed by atoms with E-state index in [1.165, 1.54) is 6.20 Å². The van der Waals surface area contributed by atoms with Gasteiger partial charge >= 0.3 is 12.1 Å². The van der Waals surface area contributed by atoms with Crippen molar-refractivity contribution in [1.82, 2.24) is 19.9 Å². The van der Waals surface area contributed by atoms with Gasteiger partial charge in [-0.25, -0.2) is 27.4 Å². The second-order valence-electron chi connectivity index (χ2n) is 12.9. The van der Waals surface area contributed by atoms with E-state index < -0.39 is 78.8 Å². The Bertz CT molecular complexity index is 1450. The number of piperidine rings is 1. The Labute approximate surface area is 268 Å². The van der Waals surface area contributed by atoms with Crippen molar-refractivity contribution in [2.75, 3.05) is 26.3 Å². The van der Waals surface area contributed by atoms with Crippen molar-refractivity contribution in [2.24, 2.45) is 11.1 Å². The third-order valence-corrected chi connectivity index (χ3v) is 8.33. The largest absolute Gasteiger partial charge is 0.480 e. The molecule has 5 rings (SSSR count). The van der Waals surface area contributed by atoms with Gasteiger partial charge in [0.05, 0.1) is 24.6 Å². The average Bonchev–Trinajstić information content (AvgIpc) is 3.69. The first kappa shape index (κ1) is 34.5. The molecule has 2 fully saturated rings. The summed E-state index contributed by atoms with van der Waals surface area (Å²) in [5.41, 5.74) is 0.0194. The molecule has 0 radical (unpaired) electrons. The molecule has 3 aliphatic heterocycles. The van der Waals surface area contributed by atoms with E-state index in [0.717, 1.165) is 22.5 Å². The average molecular weight is 670 g/mol. The molecule has 0 spiro atoms. The van der Waals surface area contributed by atoms with E-state index in [9.17, 15) is 38.1 Å². The van der Waals surface area contributed by atoms with Gasteiger partial charge in [0.2, 0.25) is 0 Å². The Kier molecular flexibility index (Phi) is 10.4. The van der Waals surface area contributed by atoms with Gasteiger partial charge < -0.3 is 39.3 Å². The summed E-state index contributed by atoms with van der Waals surface area (Å²) >= 11 is 0. The van der Waals surface area contributed by atoms with Crippen molar-refractivity contribution in [3.05, 3.63) is 35.8 Å². The predicted molar refractivity (Wildman–Crippen MR) is 156 cm³/mol. The zero-order chi connectivity index (χ0) is 34.0. The molecule has 4 heterocycles. The van der Waals surface area contributed by atoms with Crippen molar-refractivity contribution in [1.29, 1.82) is 0 Å². The SMILES string of the molecule is CC(C)(C)OC(=O)N1CCC(C2=NOC(C[C@H]3O[C@H](CO)[C@H](O)[C@H](n4cc(-c5cc(F)c(F)c(F)c5)nn4)[C@H]3OCC(=O)O)C2)CC1. The molecule has 258 valence electrons. The number of carboxylic acid groups (broad SMARTS) is 1. The van der Waals surface area contributed by atoms with Crippen molar-refractivity contribution >= 4 is 17.8 Å². The highest BCUT2D eigenvalue weighted by Crippen LogP contribution is 2.37. The van der Waals surface area contributed by atoms with E-state index >= 15 is 0 Å². The molecule has 47 heavy (non-hydrogen) atoms. The molecule has 1 amide bonds. The lowest BCUT2D eigenvalue weighted by Crippen LogP contribution is -2.57. The zero-order valence-electron chi connectivity index (χ0n) is 26.1. The highest BCUT2D eigenvalue weighted by atomic mass is 19.2. The highest BCUT2D eigenvalue weighted by molar-refractivity contribution is 5.88. The number of aliphatic carboxylic acids is 1. The number of carbonyl (C=O) groups is 2. The Morgan fingerprint density at radius 2 is 1.79 bits per heavy atom. The molecule has 0 aliphatic carbocycles. The number of rotatable bonds is 9. The fourth-order valence-corrected chi connectivity index (χ4v) is 6.09. The molecule has 2 aromatic rings. The molecule has 3 N–H and O–H groups in total. The topological polar surface area (TPSA) is 178 Å². The van der Waals surface area contributed by atoms with E-state index in [-0.39, 0.29) is 29.7 Å². The number of amides is 1. The minimum absolute atomic E-state index is 0.0644. The number of oxime groups is 1. The summed E-state index contributed by atoms with van der Waals surface area (Å²) in [5, 5.41) is 42.8. The van der Waals surface area contributed by atoms with Crippen LogP contribution in [0.25, 0.3) is 11.3 Å². The van der Waals surface area contributed by atoms with Crippen LogP contribution in [0.2, 0.25) is 0 Å². The minimum Gasteiger partial charge on any atom is -0.480 e. The summed E-state index contributed by atoms with van der Waals surface area (Å²) in [6.45, 7) is 5.04. The lowest BCUT2D eigenvalue weighted by atomic mass is 9.86. The maximum absolute atomic E-state index is 13.9. The van der Waals surface area contributed by atoms with E-state index in [1.807, 2.05) is 20.8 Å². The van der Waals surface area contributed by atoms with Crippen molar-refractivity contribution in [2.45, 2.75) is 88.6 Å². The molecule has 1 aromatic heterocycles. The number of hydrogen-bond donors (Lipinski definition) is 3. The number of ether oxygens (including phenoxy) is 3. The highest BCUT2D eigenvalue weighted by Gasteiger charge is 2.49. The van der Waals surface area contributed by atoms with E-state index in [4.69, 9.17) is 19.0 Å². The number of carbonyl (C=O) groups excluding carboxylic acids is 1. The molecule has 2 saturated heterocycles. The Morgan fingerprint density at radius 3 is 2.40 bits per heavy atom. The summed E-state index contributed by atoms with van der Waals surface area (Å²) in [5.74, 6) is -5.74. The van der Waals surface area contributed by atoms with Gasteiger partial charge in [-0.15, -0.1) is 5.10 Å². The molecule has 1 aromatic carbocycles. The number of aliphatic hydroxyl groups is 2. The third kappa shape index (κ3) is 8.02. The number of nitrogens with zero attached hydrogens (tertiary/aromatic N) is 5. The van der Waals surface area contributed by atoms with Crippen LogP contribution < -0.4 is 0 Å². The first-order chi connectivity index (χ1) is 22.2. The van der Waals surface area contributed by atoms with Crippen molar-refractivity contribution in [3.63, 3.8) is 0 Å². The van der Waals surface area contributed by atoms with E-state index in [2.05, 4.69) is 15.5 Å². The zero-order valence-corrected chi connectivity index (χ0v) is 26.1. The van der Waals surface area contributed by atoms with Gasteiger partial charge in [0.15, 0.2) is 17.5 Å². The molecule has 0 saturated carbocycles. The van der Waals surface area contributed by atoms with Crippen LogP contribution in [-0.2, 0) is 23.8 Å². The molecular formula is C30H38F3N5O9. The predicted octanol–water partition coefficient (Wildman–Crippen LogP) is 2.68. The van der Waals surface area contributed by atoms with Gasteiger partial charge in [0.1, 0.15) is 48.4 Å². The first-order valence-corrected chi connectivity index (χ1v) is 15.3. The third-order valence-electron chi connectivity index (χ3n) is 8.33. The summed E-state index contributed by atoms with van der Waals surface area (Å²) in [6.07, 6.45) is -2.48. The summed E-state index contributed by atoms with van der Waals surface area (Å²) in [4.78, 5) is 31.3. The summed E-state index contributed by atoms with van der Waals surface area (Å²) in [7, 11) is 0. The maximum Gasteiger partial charge on any atom is 0.410 e. The number of likely N-dealkylation sites (tertiary alicyclic amines) is 1. The van der Waals surface area contributed by atoms with Gasteiger partial charge in [0.25, 0.3) is 0 Å². The van der Waals surface area contributed by atoms with Gasteiger partial charge in [-0.05, 0) is 45.7 Å². The summed E-state index contributed by atoms with van der Waals surface area (Å²) in [6, 6.07) is 0.309. The van der Waals surface area contributed by atoms with Crippen LogP contribution >= 0.6 is 0 Å².